The van der Waals surface area contributed by atoms with Crippen LogP contribution in [0.4, 0.5) is 28.1 Å². The number of rotatable bonds is 5. The van der Waals surface area contributed by atoms with Crippen LogP contribution in [0, 0.1) is 0 Å². The van der Waals surface area contributed by atoms with Gasteiger partial charge in [-0.1, -0.05) is 0 Å². The van der Waals surface area contributed by atoms with Crippen molar-refractivity contribution in [2.45, 2.75) is 12.8 Å². The van der Waals surface area contributed by atoms with Crippen molar-refractivity contribution in [2.75, 3.05) is 59.8 Å². The Morgan fingerprint density at radius 2 is 1.33 bits per heavy atom. The summed E-state index contributed by atoms with van der Waals surface area (Å²) >= 11 is 0. The first kappa shape index (κ1) is 21.1. The van der Waals surface area contributed by atoms with Gasteiger partial charge in [-0.15, -0.1) is 0 Å². The molecule has 2 amide bonds. The number of carbonyl (C=O) groups excluding carboxylic acids is 1. The number of urea groups is 1. The van der Waals surface area contributed by atoms with Gasteiger partial charge in [0, 0.05) is 55.5 Å². The maximum Gasteiger partial charge on any atom is 0.323 e. The van der Waals surface area contributed by atoms with Crippen LogP contribution in [0.15, 0.2) is 48.8 Å². The summed E-state index contributed by atoms with van der Waals surface area (Å²) in [6.45, 7) is 4.78. The second kappa shape index (κ2) is 9.78. The molecule has 170 valence electrons. The minimum Gasteiger partial charge on any atom is -0.378 e. The van der Waals surface area contributed by atoms with Gasteiger partial charge in [-0.2, -0.15) is 15.0 Å². The van der Waals surface area contributed by atoms with Crippen molar-refractivity contribution in [3.8, 4) is 11.4 Å². The minimum atomic E-state index is -0.319. The smallest absolute Gasteiger partial charge is 0.323 e. The molecule has 0 aliphatic carbocycles. The van der Waals surface area contributed by atoms with Crippen molar-refractivity contribution in [2.24, 2.45) is 0 Å². The molecule has 10 nitrogen and oxygen atoms in total. The number of ether oxygens (including phenoxy) is 1. The first-order chi connectivity index (χ1) is 16.2. The molecule has 10 heteroatoms. The number of nitrogens with one attached hydrogen (secondary N) is 2. The van der Waals surface area contributed by atoms with Crippen LogP contribution in [-0.4, -0.2) is 65.4 Å². The van der Waals surface area contributed by atoms with E-state index in [1.165, 1.54) is 0 Å². The van der Waals surface area contributed by atoms with E-state index in [9.17, 15) is 4.79 Å². The highest BCUT2D eigenvalue weighted by molar-refractivity contribution is 5.99. The van der Waals surface area contributed by atoms with Gasteiger partial charge in [0.25, 0.3) is 0 Å². The molecule has 2 aliphatic heterocycles. The first-order valence-electron chi connectivity index (χ1n) is 11.2. The zero-order valence-electron chi connectivity index (χ0n) is 18.3. The minimum absolute atomic E-state index is 0.319. The van der Waals surface area contributed by atoms with Crippen LogP contribution in [0.5, 0.6) is 0 Å². The second-order valence-corrected chi connectivity index (χ2v) is 7.94. The van der Waals surface area contributed by atoms with Crippen LogP contribution < -0.4 is 20.4 Å². The Labute approximate surface area is 192 Å². The maximum atomic E-state index is 12.3. The van der Waals surface area contributed by atoms with Gasteiger partial charge in [0.05, 0.1) is 13.2 Å². The van der Waals surface area contributed by atoms with Crippen molar-refractivity contribution in [1.82, 2.24) is 19.9 Å². The second-order valence-electron chi connectivity index (χ2n) is 7.94. The number of carbonyl (C=O) groups is 1. The fraction of sp³-hybridized carbons (Fsp3) is 0.348. The SMILES string of the molecule is O=C(Nc1ccncc1)Nc1ccc(-c2nc(N3CCCC3)nc(N3CCOCC3)n2)cc1. The topological polar surface area (TPSA) is 108 Å². The molecule has 0 atom stereocenters. The van der Waals surface area contributed by atoms with E-state index >= 15 is 0 Å². The molecule has 0 spiro atoms. The lowest BCUT2D eigenvalue weighted by Crippen LogP contribution is -2.38. The van der Waals surface area contributed by atoms with E-state index in [0.717, 1.165) is 50.5 Å². The van der Waals surface area contributed by atoms with Crippen LogP contribution in [0.3, 0.4) is 0 Å². The Hall–Kier alpha value is -3.79. The number of amides is 2. The number of morpholine rings is 1. The zero-order chi connectivity index (χ0) is 22.5. The summed E-state index contributed by atoms with van der Waals surface area (Å²) in [7, 11) is 0. The number of nitrogens with zero attached hydrogens (tertiary/aromatic N) is 6. The highest BCUT2D eigenvalue weighted by atomic mass is 16.5. The average Bonchev–Trinajstić information content (AvgIpc) is 3.41. The normalized spacial score (nSPS) is 16.0. The van der Waals surface area contributed by atoms with Crippen LogP contribution in [0.1, 0.15) is 12.8 Å². The molecule has 1 aromatic carbocycles. The van der Waals surface area contributed by atoms with Crippen LogP contribution in [0.2, 0.25) is 0 Å². The monoisotopic (exact) mass is 446 g/mol. The Morgan fingerprint density at radius 1 is 0.758 bits per heavy atom. The maximum absolute atomic E-state index is 12.3. The molecule has 2 saturated heterocycles. The fourth-order valence-corrected chi connectivity index (χ4v) is 3.88. The first-order valence-corrected chi connectivity index (χ1v) is 11.2. The molecule has 0 bridgehead atoms. The van der Waals surface area contributed by atoms with Gasteiger partial charge in [0.2, 0.25) is 11.9 Å². The largest absolute Gasteiger partial charge is 0.378 e. The Bertz CT molecular complexity index is 1080. The van der Waals surface area contributed by atoms with Gasteiger partial charge < -0.3 is 25.2 Å². The van der Waals surface area contributed by atoms with Crippen molar-refractivity contribution >= 4 is 29.3 Å². The third kappa shape index (κ3) is 5.17. The molecule has 0 unspecified atom stereocenters. The van der Waals surface area contributed by atoms with E-state index < -0.39 is 0 Å². The van der Waals surface area contributed by atoms with E-state index in [2.05, 4.69) is 25.4 Å². The van der Waals surface area contributed by atoms with Gasteiger partial charge >= 0.3 is 6.03 Å². The molecule has 4 heterocycles. The lowest BCUT2D eigenvalue weighted by molar-refractivity contribution is 0.122. The summed E-state index contributed by atoms with van der Waals surface area (Å²) in [6, 6.07) is 10.6. The summed E-state index contributed by atoms with van der Waals surface area (Å²) in [5, 5.41) is 5.61. The molecular formula is C23H26N8O2. The van der Waals surface area contributed by atoms with Crippen LogP contribution >= 0.6 is 0 Å². The third-order valence-corrected chi connectivity index (χ3v) is 5.63. The number of hydrogen-bond donors (Lipinski definition) is 2. The Morgan fingerprint density at radius 3 is 1.97 bits per heavy atom. The quantitative estimate of drug-likeness (QED) is 0.616. The van der Waals surface area contributed by atoms with Crippen molar-refractivity contribution < 1.29 is 9.53 Å². The predicted octanol–water partition coefficient (Wildman–Crippen LogP) is 3.01. The number of benzene rings is 1. The highest BCUT2D eigenvalue weighted by Gasteiger charge is 2.21. The van der Waals surface area contributed by atoms with Crippen molar-refractivity contribution in [1.29, 1.82) is 0 Å². The fourth-order valence-electron chi connectivity index (χ4n) is 3.88. The van der Waals surface area contributed by atoms with Crippen molar-refractivity contribution in [3.63, 3.8) is 0 Å². The molecule has 3 aromatic rings. The van der Waals surface area contributed by atoms with Crippen LogP contribution in [0.25, 0.3) is 11.4 Å². The molecule has 0 radical (unpaired) electrons. The van der Waals surface area contributed by atoms with Gasteiger partial charge in [0.15, 0.2) is 5.82 Å². The lowest BCUT2D eigenvalue weighted by Gasteiger charge is -2.28. The third-order valence-electron chi connectivity index (χ3n) is 5.63. The molecule has 2 aliphatic rings. The van der Waals surface area contributed by atoms with Crippen LogP contribution in [-0.2, 0) is 4.74 Å². The molecule has 2 aromatic heterocycles. The molecule has 2 N–H and O–H groups in total. The number of anilines is 4. The van der Waals surface area contributed by atoms with E-state index in [1.54, 1.807) is 24.5 Å². The number of hydrogen-bond acceptors (Lipinski definition) is 8. The van der Waals surface area contributed by atoms with E-state index in [-0.39, 0.29) is 6.03 Å². The summed E-state index contributed by atoms with van der Waals surface area (Å²) in [4.78, 5) is 34.9. The summed E-state index contributed by atoms with van der Waals surface area (Å²) < 4.78 is 5.48. The summed E-state index contributed by atoms with van der Waals surface area (Å²) in [6.07, 6.45) is 5.55. The predicted molar refractivity (Wildman–Crippen MR) is 127 cm³/mol. The molecular weight excluding hydrogens is 420 g/mol. The van der Waals surface area contributed by atoms with Gasteiger partial charge in [-0.3, -0.25) is 4.98 Å². The summed E-state index contributed by atoms with van der Waals surface area (Å²) in [5.74, 6) is 2.03. The lowest BCUT2D eigenvalue weighted by atomic mass is 10.2. The highest BCUT2D eigenvalue weighted by Crippen LogP contribution is 2.25. The standard InChI is InChI=1S/C23H26N8O2/c32-23(26-19-7-9-24-10-8-19)25-18-5-3-17(4-6-18)20-27-21(30-11-1-2-12-30)29-22(28-20)31-13-15-33-16-14-31/h3-10H,1-2,11-16H2,(H2,24,25,26,32). The molecule has 0 saturated carbocycles. The molecule has 33 heavy (non-hydrogen) atoms. The molecule has 5 rings (SSSR count). The molecule has 2 fully saturated rings. The number of aromatic nitrogens is 4. The van der Waals surface area contributed by atoms with E-state index in [4.69, 9.17) is 19.7 Å². The Kier molecular flexibility index (Phi) is 6.25. The van der Waals surface area contributed by atoms with Gasteiger partial charge in [-0.25, -0.2) is 4.79 Å². The van der Waals surface area contributed by atoms with E-state index in [0.29, 0.717) is 36.4 Å². The van der Waals surface area contributed by atoms with Crippen molar-refractivity contribution in [3.05, 3.63) is 48.8 Å². The van der Waals surface area contributed by atoms with Gasteiger partial charge in [-0.05, 0) is 49.2 Å². The zero-order valence-corrected chi connectivity index (χ0v) is 18.3. The van der Waals surface area contributed by atoms with Gasteiger partial charge in [0.1, 0.15) is 0 Å². The number of pyridine rings is 1. The summed E-state index contributed by atoms with van der Waals surface area (Å²) in [5.41, 5.74) is 2.22. The Balaban J connectivity index is 1.35. The average molecular weight is 447 g/mol. The van der Waals surface area contributed by atoms with E-state index in [1.807, 2.05) is 24.3 Å².